The summed E-state index contributed by atoms with van der Waals surface area (Å²) in [6.07, 6.45) is 3.23. The first-order valence-electron chi connectivity index (χ1n) is 4.49. The van der Waals surface area contributed by atoms with Crippen LogP contribution in [0.2, 0.25) is 0 Å². The molecule has 0 amide bonds. The van der Waals surface area contributed by atoms with E-state index in [0.717, 1.165) is 25.2 Å². The lowest BCUT2D eigenvalue weighted by Crippen LogP contribution is -2.45. The van der Waals surface area contributed by atoms with E-state index in [0.29, 0.717) is 5.92 Å². The van der Waals surface area contributed by atoms with Crippen LogP contribution in [0.15, 0.2) is 17.3 Å². The number of hydrogen-bond donors (Lipinski definition) is 1. The predicted molar refractivity (Wildman–Crippen MR) is 49.6 cm³/mol. The quantitative estimate of drug-likeness (QED) is 0.682. The Hall–Kier alpha value is -1.16. The minimum absolute atomic E-state index is 0.0851. The summed E-state index contributed by atoms with van der Waals surface area (Å²) in [6.45, 7) is 4.62. The van der Waals surface area contributed by atoms with E-state index in [1.807, 2.05) is 0 Å². The van der Waals surface area contributed by atoms with Gasteiger partial charge in [0.15, 0.2) is 0 Å². The lowest BCUT2D eigenvalue weighted by Gasteiger charge is -2.27. The Morgan fingerprint density at radius 1 is 1.69 bits per heavy atom. The number of aryl methyl sites for hydroxylation is 1. The van der Waals surface area contributed by atoms with E-state index in [2.05, 4.69) is 10.3 Å². The molecule has 70 valence electrons. The molecule has 1 aliphatic rings. The van der Waals surface area contributed by atoms with Crippen LogP contribution in [-0.2, 0) is 6.54 Å². The fourth-order valence-electron chi connectivity index (χ4n) is 1.45. The van der Waals surface area contributed by atoms with E-state index in [-0.39, 0.29) is 5.56 Å². The van der Waals surface area contributed by atoms with Gasteiger partial charge in [-0.15, -0.1) is 0 Å². The SMILES string of the molecule is Cc1cncn(CC2CNC2)c1=O. The van der Waals surface area contributed by atoms with Gasteiger partial charge in [0.25, 0.3) is 5.56 Å². The van der Waals surface area contributed by atoms with Gasteiger partial charge >= 0.3 is 0 Å². The second-order valence-corrected chi connectivity index (χ2v) is 3.56. The van der Waals surface area contributed by atoms with Crippen LogP contribution < -0.4 is 10.9 Å². The molecule has 0 spiro atoms. The highest BCUT2D eigenvalue weighted by Crippen LogP contribution is 2.04. The van der Waals surface area contributed by atoms with Crippen molar-refractivity contribution >= 4 is 0 Å². The number of nitrogens with zero attached hydrogens (tertiary/aromatic N) is 2. The molecule has 2 rings (SSSR count). The van der Waals surface area contributed by atoms with Crippen LogP contribution >= 0.6 is 0 Å². The molecule has 0 bridgehead atoms. The molecule has 1 aromatic rings. The minimum Gasteiger partial charge on any atom is -0.316 e. The smallest absolute Gasteiger partial charge is 0.256 e. The van der Waals surface area contributed by atoms with Gasteiger partial charge < -0.3 is 5.32 Å². The first kappa shape index (κ1) is 8.44. The molecule has 4 heteroatoms. The van der Waals surface area contributed by atoms with E-state index in [1.165, 1.54) is 0 Å². The van der Waals surface area contributed by atoms with Crippen LogP contribution in [-0.4, -0.2) is 22.6 Å². The Labute approximate surface area is 76.6 Å². The standard InChI is InChI=1S/C9H13N3O/c1-7-2-11-6-12(9(7)13)5-8-3-10-4-8/h2,6,8,10H,3-5H2,1H3. The number of aromatic nitrogens is 2. The molecular weight excluding hydrogens is 166 g/mol. The van der Waals surface area contributed by atoms with Crippen LogP contribution in [0.4, 0.5) is 0 Å². The molecular formula is C9H13N3O. The number of nitrogens with one attached hydrogen (secondary N) is 1. The van der Waals surface area contributed by atoms with E-state index in [1.54, 1.807) is 24.0 Å². The average Bonchev–Trinajstić information content (AvgIpc) is 2.04. The van der Waals surface area contributed by atoms with Gasteiger partial charge in [0.1, 0.15) is 0 Å². The zero-order chi connectivity index (χ0) is 9.26. The fraction of sp³-hybridized carbons (Fsp3) is 0.556. The first-order valence-corrected chi connectivity index (χ1v) is 4.49. The van der Waals surface area contributed by atoms with Gasteiger partial charge in [0.2, 0.25) is 0 Å². The summed E-state index contributed by atoms with van der Waals surface area (Å²) in [6, 6.07) is 0. The van der Waals surface area contributed by atoms with Crippen molar-refractivity contribution in [3.63, 3.8) is 0 Å². The summed E-state index contributed by atoms with van der Waals surface area (Å²) in [5.41, 5.74) is 0.802. The van der Waals surface area contributed by atoms with Crippen LogP contribution in [0.25, 0.3) is 0 Å². The maximum atomic E-state index is 11.5. The van der Waals surface area contributed by atoms with Gasteiger partial charge in [-0.2, -0.15) is 0 Å². The third-order valence-corrected chi connectivity index (χ3v) is 2.39. The molecule has 0 aromatic carbocycles. The fourth-order valence-corrected chi connectivity index (χ4v) is 1.45. The molecule has 0 radical (unpaired) electrons. The van der Waals surface area contributed by atoms with Crippen LogP contribution in [0.5, 0.6) is 0 Å². The molecule has 1 fully saturated rings. The minimum atomic E-state index is 0.0851. The molecule has 0 aliphatic carbocycles. The van der Waals surface area contributed by atoms with E-state index in [9.17, 15) is 4.79 Å². The topological polar surface area (TPSA) is 46.9 Å². The second kappa shape index (κ2) is 3.30. The van der Waals surface area contributed by atoms with Crippen LogP contribution in [0.3, 0.4) is 0 Å². The van der Waals surface area contributed by atoms with Gasteiger partial charge in [-0.3, -0.25) is 9.36 Å². The molecule has 2 heterocycles. The maximum Gasteiger partial charge on any atom is 0.256 e. The summed E-state index contributed by atoms with van der Waals surface area (Å²) in [5, 5.41) is 3.18. The second-order valence-electron chi connectivity index (χ2n) is 3.56. The average molecular weight is 179 g/mol. The summed E-state index contributed by atoms with van der Waals surface area (Å²) >= 11 is 0. The third kappa shape index (κ3) is 1.62. The molecule has 0 atom stereocenters. The molecule has 1 N–H and O–H groups in total. The number of hydrogen-bond acceptors (Lipinski definition) is 3. The van der Waals surface area contributed by atoms with Crippen molar-refractivity contribution in [2.45, 2.75) is 13.5 Å². The summed E-state index contributed by atoms with van der Waals surface area (Å²) in [7, 11) is 0. The monoisotopic (exact) mass is 179 g/mol. The Morgan fingerprint density at radius 2 is 2.46 bits per heavy atom. The van der Waals surface area contributed by atoms with Crippen molar-refractivity contribution in [3.05, 3.63) is 28.4 Å². The van der Waals surface area contributed by atoms with Gasteiger partial charge in [-0.05, 0) is 6.92 Å². The first-order chi connectivity index (χ1) is 6.27. The Balaban J connectivity index is 2.19. The van der Waals surface area contributed by atoms with Gasteiger partial charge in [0, 0.05) is 37.3 Å². The van der Waals surface area contributed by atoms with E-state index >= 15 is 0 Å². The van der Waals surface area contributed by atoms with Crippen molar-refractivity contribution in [1.82, 2.24) is 14.9 Å². The molecule has 1 saturated heterocycles. The van der Waals surface area contributed by atoms with Gasteiger partial charge in [0.05, 0.1) is 6.33 Å². The normalized spacial score (nSPS) is 17.0. The lowest BCUT2D eigenvalue weighted by molar-refractivity contribution is 0.302. The van der Waals surface area contributed by atoms with Crippen molar-refractivity contribution < 1.29 is 0 Å². The van der Waals surface area contributed by atoms with E-state index < -0.39 is 0 Å². The zero-order valence-corrected chi connectivity index (χ0v) is 7.66. The van der Waals surface area contributed by atoms with Crippen molar-refractivity contribution in [1.29, 1.82) is 0 Å². The Bertz CT molecular complexity index is 354. The lowest BCUT2D eigenvalue weighted by atomic mass is 10.0. The predicted octanol–water partition coefficient (Wildman–Crippen LogP) is -0.229. The molecule has 13 heavy (non-hydrogen) atoms. The highest BCUT2D eigenvalue weighted by Gasteiger charge is 2.17. The maximum absolute atomic E-state index is 11.5. The zero-order valence-electron chi connectivity index (χ0n) is 7.66. The molecule has 1 aliphatic heterocycles. The van der Waals surface area contributed by atoms with Crippen LogP contribution in [0.1, 0.15) is 5.56 Å². The van der Waals surface area contributed by atoms with Crippen molar-refractivity contribution in [2.75, 3.05) is 13.1 Å². The van der Waals surface area contributed by atoms with Crippen molar-refractivity contribution in [2.24, 2.45) is 5.92 Å². The van der Waals surface area contributed by atoms with Gasteiger partial charge in [-0.1, -0.05) is 0 Å². The molecule has 4 nitrogen and oxygen atoms in total. The number of rotatable bonds is 2. The van der Waals surface area contributed by atoms with Crippen molar-refractivity contribution in [3.8, 4) is 0 Å². The van der Waals surface area contributed by atoms with Crippen LogP contribution in [0, 0.1) is 12.8 Å². The summed E-state index contributed by atoms with van der Waals surface area (Å²) < 4.78 is 1.70. The Kier molecular flexibility index (Phi) is 2.14. The molecule has 0 unspecified atom stereocenters. The third-order valence-electron chi connectivity index (χ3n) is 2.39. The highest BCUT2D eigenvalue weighted by molar-refractivity contribution is 5.00. The highest BCUT2D eigenvalue weighted by atomic mass is 16.1. The summed E-state index contributed by atoms with van der Waals surface area (Å²) in [4.78, 5) is 15.5. The molecule has 0 saturated carbocycles. The summed E-state index contributed by atoms with van der Waals surface area (Å²) in [5.74, 6) is 0.598. The molecule has 1 aromatic heterocycles. The van der Waals surface area contributed by atoms with E-state index in [4.69, 9.17) is 0 Å². The Morgan fingerprint density at radius 3 is 3.08 bits per heavy atom. The van der Waals surface area contributed by atoms with Gasteiger partial charge in [-0.25, -0.2) is 4.98 Å². The largest absolute Gasteiger partial charge is 0.316 e.